The lowest BCUT2D eigenvalue weighted by Gasteiger charge is -2.33. The first-order chi connectivity index (χ1) is 12.7. The Morgan fingerprint density at radius 3 is 2.58 bits per heavy atom. The molecule has 140 valence electrons. The first-order valence-electron chi connectivity index (χ1n) is 9.46. The van der Waals surface area contributed by atoms with E-state index in [9.17, 15) is 4.79 Å². The van der Waals surface area contributed by atoms with Crippen LogP contribution in [0.2, 0.25) is 0 Å². The van der Waals surface area contributed by atoms with Crippen molar-refractivity contribution in [2.45, 2.75) is 26.3 Å². The number of hydrogen-bond acceptors (Lipinski definition) is 5. The summed E-state index contributed by atoms with van der Waals surface area (Å²) >= 11 is 1.68. The van der Waals surface area contributed by atoms with Crippen LogP contribution in [-0.4, -0.2) is 60.0 Å². The number of rotatable bonds is 6. The molecule has 0 aliphatic carbocycles. The number of nitrogens with zero attached hydrogens (tertiary/aromatic N) is 4. The van der Waals surface area contributed by atoms with Gasteiger partial charge in [-0.1, -0.05) is 30.3 Å². The maximum atomic E-state index is 13.3. The van der Waals surface area contributed by atoms with E-state index in [2.05, 4.69) is 40.8 Å². The van der Waals surface area contributed by atoms with Crippen molar-refractivity contribution in [1.29, 1.82) is 0 Å². The van der Waals surface area contributed by atoms with Gasteiger partial charge in [0.15, 0.2) is 5.13 Å². The molecule has 2 heterocycles. The van der Waals surface area contributed by atoms with Crippen LogP contribution in [-0.2, 0) is 4.79 Å². The van der Waals surface area contributed by atoms with Crippen molar-refractivity contribution in [2.24, 2.45) is 0 Å². The molecule has 0 spiro atoms. The van der Waals surface area contributed by atoms with Gasteiger partial charge in [-0.05, 0) is 25.8 Å². The molecule has 0 radical (unpaired) electrons. The van der Waals surface area contributed by atoms with Gasteiger partial charge >= 0.3 is 0 Å². The zero-order valence-corrected chi connectivity index (χ0v) is 16.5. The topological polar surface area (TPSA) is 39.7 Å². The van der Waals surface area contributed by atoms with Gasteiger partial charge in [0.05, 0.1) is 0 Å². The number of anilines is 1. The molecular weight excluding hydrogens is 344 g/mol. The number of amides is 1. The summed E-state index contributed by atoms with van der Waals surface area (Å²) in [5.74, 6) is 0.212. The summed E-state index contributed by atoms with van der Waals surface area (Å²) in [6, 6.07) is 10.0. The van der Waals surface area contributed by atoms with Crippen LogP contribution >= 0.6 is 11.3 Å². The Morgan fingerprint density at radius 2 is 1.92 bits per heavy atom. The van der Waals surface area contributed by atoms with Crippen molar-refractivity contribution in [3.8, 4) is 0 Å². The second-order valence-corrected chi connectivity index (χ2v) is 7.39. The molecule has 1 fully saturated rings. The zero-order valence-electron chi connectivity index (χ0n) is 15.7. The quantitative estimate of drug-likeness (QED) is 0.780. The second-order valence-electron chi connectivity index (χ2n) is 6.51. The number of carbonyl (C=O) groups is 1. The Labute approximate surface area is 160 Å². The maximum absolute atomic E-state index is 13.3. The largest absolute Gasteiger partial charge is 0.347 e. The fourth-order valence-electron chi connectivity index (χ4n) is 3.61. The van der Waals surface area contributed by atoms with Crippen molar-refractivity contribution < 1.29 is 4.79 Å². The van der Waals surface area contributed by atoms with E-state index in [1.54, 1.807) is 11.3 Å². The Kier molecular flexibility index (Phi) is 6.63. The third-order valence-electron chi connectivity index (χ3n) is 5.01. The van der Waals surface area contributed by atoms with Crippen LogP contribution < -0.4 is 4.90 Å². The van der Waals surface area contributed by atoms with Crippen LogP contribution in [0.1, 0.15) is 31.9 Å². The van der Waals surface area contributed by atoms with E-state index in [0.29, 0.717) is 0 Å². The SMILES string of the molecule is CCN(CC)C(=O)C(c1ccccc1)N1CCCN(c2nccs2)CC1. The maximum Gasteiger partial charge on any atom is 0.244 e. The smallest absolute Gasteiger partial charge is 0.244 e. The number of benzene rings is 1. The van der Waals surface area contributed by atoms with E-state index in [1.807, 2.05) is 34.7 Å². The van der Waals surface area contributed by atoms with E-state index in [0.717, 1.165) is 56.4 Å². The Balaban J connectivity index is 1.81. The summed E-state index contributed by atoms with van der Waals surface area (Å²) in [6.45, 7) is 9.29. The summed E-state index contributed by atoms with van der Waals surface area (Å²) in [4.78, 5) is 24.4. The van der Waals surface area contributed by atoms with Crippen molar-refractivity contribution in [3.05, 3.63) is 47.5 Å². The molecule has 6 heteroatoms. The molecule has 3 rings (SSSR count). The highest BCUT2D eigenvalue weighted by Gasteiger charge is 2.31. The molecule has 26 heavy (non-hydrogen) atoms. The zero-order chi connectivity index (χ0) is 18.4. The lowest BCUT2D eigenvalue weighted by molar-refractivity contribution is -0.136. The standard InChI is InChI=1S/C20H28N4OS/c1-3-22(4-2)19(25)18(17-9-6-5-7-10-17)23-12-8-13-24(15-14-23)20-21-11-16-26-20/h5-7,9-11,16,18H,3-4,8,12-15H2,1-2H3. The highest BCUT2D eigenvalue weighted by molar-refractivity contribution is 7.13. The average molecular weight is 373 g/mol. The van der Waals surface area contributed by atoms with Crippen LogP contribution in [0.5, 0.6) is 0 Å². The molecule has 0 N–H and O–H groups in total. The molecule has 0 bridgehead atoms. The number of aromatic nitrogens is 1. The highest BCUT2D eigenvalue weighted by Crippen LogP contribution is 2.26. The molecule has 1 aliphatic rings. The summed E-state index contributed by atoms with van der Waals surface area (Å²) in [7, 11) is 0. The van der Waals surface area contributed by atoms with Crippen molar-refractivity contribution in [3.63, 3.8) is 0 Å². The number of hydrogen-bond donors (Lipinski definition) is 0. The van der Waals surface area contributed by atoms with E-state index in [4.69, 9.17) is 0 Å². The van der Waals surface area contributed by atoms with Crippen LogP contribution in [0.25, 0.3) is 0 Å². The minimum Gasteiger partial charge on any atom is -0.347 e. The fourth-order valence-corrected chi connectivity index (χ4v) is 4.31. The first-order valence-corrected chi connectivity index (χ1v) is 10.3. The molecular formula is C20H28N4OS. The fraction of sp³-hybridized carbons (Fsp3) is 0.500. The summed E-state index contributed by atoms with van der Waals surface area (Å²) in [6.07, 6.45) is 2.90. The Morgan fingerprint density at radius 1 is 1.15 bits per heavy atom. The minimum absolute atomic E-state index is 0.202. The molecule has 1 saturated heterocycles. The lowest BCUT2D eigenvalue weighted by atomic mass is 10.0. The van der Waals surface area contributed by atoms with Gasteiger partial charge in [-0.3, -0.25) is 9.69 Å². The second kappa shape index (κ2) is 9.14. The van der Waals surface area contributed by atoms with Gasteiger partial charge in [-0.25, -0.2) is 4.98 Å². The third kappa shape index (κ3) is 4.24. The molecule has 0 saturated carbocycles. The van der Waals surface area contributed by atoms with Crippen molar-refractivity contribution >= 4 is 22.4 Å². The summed E-state index contributed by atoms with van der Waals surface area (Å²) in [5, 5.41) is 3.10. The predicted octanol–water partition coefficient (Wildman–Crippen LogP) is 3.26. The molecule has 1 unspecified atom stereocenters. The van der Waals surface area contributed by atoms with Gasteiger partial charge < -0.3 is 9.80 Å². The van der Waals surface area contributed by atoms with Crippen molar-refractivity contribution in [1.82, 2.24) is 14.8 Å². The monoisotopic (exact) mass is 372 g/mol. The van der Waals surface area contributed by atoms with Crippen LogP contribution in [0.15, 0.2) is 41.9 Å². The molecule has 1 aliphatic heterocycles. The predicted molar refractivity (Wildman–Crippen MR) is 108 cm³/mol. The van der Waals surface area contributed by atoms with E-state index in [-0.39, 0.29) is 11.9 Å². The van der Waals surface area contributed by atoms with Gasteiger partial charge in [0.2, 0.25) is 5.91 Å². The number of thiazole rings is 1. The Hall–Kier alpha value is -1.92. The van der Waals surface area contributed by atoms with Gasteiger partial charge in [-0.15, -0.1) is 11.3 Å². The molecule has 2 aromatic rings. The van der Waals surface area contributed by atoms with E-state index >= 15 is 0 Å². The van der Waals surface area contributed by atoms with E-state index in [1.165, 1.54) is 0 Å². The van der Waals surface area contributed by atoms with Gasteiger partial charge in [0, 0.05) is 50.8 Å². The van der Waals surface area contributed by atoms with Crippen molar-refractivity contribution in [2.75, 3.05) is 44.2 Å². The molecule has 5 nitrogen and oxygen atoms in total. The van der Waals surface area contributed by atoms with E-state index < -0.39 is 0 Å². The molecule has 1 aromatic carbocycles. The summed E-state index contributed by atoms with van der Waals surface area (Å²) < 4.78 is 0. The molecule has 1 aromatic heterocycles. The van der Waals surface area contributed by atoms with Crippen LogP contribution in [0, 0.1) is 0 Å². The minimum atomic E-state index is -0.202. The van der Waals surface area contributed by atoms with Crippen LogP contribution in [0.4, 0.5) is 5.13 Å². The normalized spacial score (nSPS) is 16.9. The Bertz CT molecular complexity index is 672. The number of carbonyl (C=O) groups excluding carboxylic acids is 1. The third-order valence-corrected chi connectivity index (χ3v) is 5.84. The van der Waals surface area contributed by atoms with Gasteiger partial charge in [0.1, 0.15) is 6.04 Å². The summed E-state index contributed by atoms with van der Waals surface area (Å²) in [5.41, 5.74) is 1.09. The van der Waals surface area contributed by atoms with Gasteiger partial charge in [-0.2, -0.15) is 0 Å². The highest BCUT2D eigenvalue weighted by atomic mass is 32.1. The van der Waals surface area contributed by atoms with Crippen LogP contribution in [0.3, 0.4) is 0 Å². The molecule has 1 amide bonds. The lowest BCUT2D eigenvalue weighted by Crippen LogP contribution is -2.44. The number of likely N-dealkylation sites (N-methyl/N-ethyl adjacent to an activating group) is 1. The molecule has 1 atom stereocenters. The average Bonchev–Trinajstić information content (AvgIpc) is 3.10. The first kappa shape index (κ1) is 18.9. The van der Waals surface area contributed by atoms with Gasteiger partial charge in [0.25, 0.3) is 0 Å².